The molecule has 8 nitrogen and oxygen atoms in total. The highest BCUT2D eigenvalue weighted by atomic mass is 16.5. The summed E-state index contributed by atoms with van der Waals surface area (Å²) in [7, 11) is 8.18. The minimum Gasteiger partial charge on any atom is -0.493 e. The zero-order chi connectivity index (χ0) is 23.0. The summed E-state index contributed by atoms with van der Waals surface area (Å²) in [6.07, 6.45) is 0. The smallest absolute Gasteiger partial charge is 0.279 e. The third kappa shape index (κ3) is 6.62. The van der Waals surface area contributed by atoms with Gasteiger partial charge in [0.2, 0.25) is 5.75 Å². The number of benzene rings is 2. The van der Waals surface area contributed by atoms with Crippen LogP contribution in [0.3, 0.4) is 0 Å². The Balaban J connectivity index is 1.94. The fourth-order valence-corrected chi connectivity index (χ4v) is 3.20. The number of likely N-dealkylation sites (N-methyl/N-ethyl adjacent to an activating group) is 2. The summed E-state index contributed by atoms with van der Waals surface area (Å²) >= 11 is 0. The van der Waals surface area contributed by atoms with E-state index in [0.29, 0.717) is 23.8 Å². The summed E-state index contributed by atoms with van der Waals surface area (Å²) in [6.45, 7) is 2.70. The zero-order valence-corrected chi connectivity index (χ0v) is 19.1. The van der Waals surface area contributed by atoms with E-state index in [4.69, 9.17) is 14.2 Å². The fourth-order valence-electron chi connectivity index (χ4n) is 3.20. The molecule has 0 heterocycles. The molecular weight excluding hydrogens is 398 g/mol. The largest absolute Gasteiger partial charge is 0.493 e. The number of methoxy groups -OCH3 is 3. The molecule has 2 rings (SSSR count). The summed E-state index contributed by atoms with van der Waals surface area (Å²) in [6, 6.07) is 11.2. The van der Waals surface area contributed by atoms with E-state index in [0.717, 1.165) is 21.7 Å². The average molecular weight is 431 g/mol. The van der Waals surface area contributed by atoms with Gasteiger partial charge in [0.25, 0.3) is 11.8 Å². The lowest BCUT2D eigenvalue weighted by molar-refractivity contribution is -0.862. The number of carbonyl (C=O) groups is 2. The number of quaternary nitrogens is 1. The van der Waals surface area contributed by atoms with Crippen molar-refractivity contribution in [3.63, 3.8) is 0 Å². The molecule has 0 radical (unpaired) electrons. The van der Waals surface area contributed by atoms with Gasteiger partial charge in [-0.15, -0.1) is 0 Å². The lowest BCUT2D eigenvalue weighted by atomic mass is 10.1. The molecule has 0 spiro atoms. The molecule has 0 aliphatic heterocycles. The Kier molecular flexibility index (Phi) is 8.69. The van der Waals surface area contributed by atoms with E-state index in [1.165, 1.54) is 0 Å². The molecule has 0 aliphatic rings. The highest BCUT2D eigenvalue weighted by molar-refractivity contribution is 5.91. The van der Waals surface area contributed by atoms with Gasteiger partial charge in [-0.25, -0.2) is 0 Å². The van der Waals surface area contributed by atoms with Crippen LogP contribution in [0.4, 0.5) is 5.69 Å². The van der Waals surface area contributed by atoms with Gasteiger partial charge in [0.15, 0.2) is 24.6 Å². The molecule has 2 amide bonds. The molecule has 0 fully saturated rings. The number of amides is 2. The maximum absolute atomic E-state index is 12.7. The normalized spacial score (nSPS) is 11.4. The van der Waals surface area contributed by atoms with Crippen molar-refractivity contribution in [3.8, 4) is 17.2 Å². The van der Waals surface area contributed by atoms with Gasteiger partial charge in [0.1, 0.15) is 0 Å². The summed E-state index contributed by atoms with van der Waals surface area (Å²) in [4.78, 5) is 27.3. The second-order valence-corrected chi connectivity index (χ2v) is 7.47. The Morgan fingerprint density at radius 1 is 0.935 bits per heavy atom. The predicted octanol–water partition coefficient (Wildman–Crippen LogP) is 1.13. The second-order valence-electron chi connectivity index (χ2n) is 7.47. The van der Waals surface area contributed by atoms with Crippen LogP contribution < -0.4 is 24.4 Å². The Hall–Kier alpha value is -3.26. The van der Waals surface area contributed by atoms with Crippen molar-refractivity contribution in [3.05, 3.63) is 47.5 Å². The Labute approximate surface area is 183 Å². The number of aryl methyl sites for hydroxylation is 1. The van der Waals surface area contributed by atoms with Gasteiger partial charge in [0, 0.05) is 24.8 Å². The molecule has 0 aromatic heterocycles. The van der Waals surface area contributed by atoms with E-state index in [2.05, 4.69) is 5.32 Å². The fraction of sp³-hybridized carbons (Fsp3) is 0.391. The highest BCUT2D eigenvalue weighted by Crippen LogP contribution is 2.40. The highest BCUT2D eigenvalue weighted by Gasteiger charge is 2.21. The van der Waals surface area contributed by atoms with Gasteiger partial charge < -0.3 is 29.3 Å². The molecule has 1 unspecified atom stereocenters. The van der Waals surface area contributed by atoms with Crippen molar-refractivity contribution in [2.45, 2.75) is 13.5 Å². The first kappa shape index (κ1) is 24.0. The van der Waals surface area contributed by atoms with Crippen LogP contribution in [-0.4, -0.2) is 65.2 Å². The van der Waals surface area contributed by atoms with Gasteiger partial charge in [-0.05, 0) is 31.2 Å². The van der Waals surface area contributed by atoms with E-state index < -0.39 is 0 Å². The van der Waals surface area contributed by atoms with Crippen LogP contribution in [0.25, 0.3) is 0 Å². The molecule has 168 valence electrons. The minimum absolute atomic E-state index is 0.0857. The van der Waals surface area contributed by atoms with Crippen LogP contribution in [0.5, 0.6) is 17.2 Å². The number of nitrogens with one attached hydrogen (secondary N) is 2. The molecule has 1 atom stereocenters. The molecule has 0 bridgehead atoms. The van der Waals surface area contributed by atoms with E-state index in [-0.39, 0.29) is 24.9 Å². The van der Waals surface area contributed by atoms with Crippen LogP contribution in [0, 0.1) is 6.92 Å². The van der Waals surface area contributed by atoms with Crippen LogP contribution in [-0.2, 0) is 16.1 Å². The van der Waals surface area contributed by atoms with E-state index >= 15 is 0 Å². The predicted molar refractivity (Wildman–Crippen MR) is 119 cm³/mol. The molecule has 31 heavy (non-hydrogen) atoms. The number of rotatable bonds is 10. The summed E-state index contributed by atoms with van der Waals surface area (Å²) in [5, 5.41) is 2.85. The molecule has 0 saturated carbocycles. The number of hydrogen-bond acceptors (Lipinski definition) is 5. The molecule has 8 heteroatoms. The first-order valence-electron chi connectivity index (χ1n) is 9.98. The van der Waals surface area contributed by atoms with Crippen molar-refractivity contribution < 1.29 is 28.7 Å². The third-order valence-electron chi connectivity index (χ3n) is 4.87. The molecule has 2 N–H and O–H groups in total. The zero-order valence-electron chi connectivity index (χ0n) is 19.1. The topological polar surface area (TPSA) is 81.5 Å². The number of ether oxygens (including phenoxy) is 3. The number of anilines is 1. The Morgan fingerprint density at radius 2 is 1.58 bits per heavy atom. The first-order chi connectivity index (χ1) is 14.8. The van der Waals surface area contributed by atoms with Gasteiger partial charge in [0.05, 0.1) is 28.4 Å². The quantitative estimate of drug-likeness (QED) is 0.591. The standard InChI is InChI=1S/C23H31N3O5/c1-16-7-10-18(11-8-16)24-20(27)14-25(2)15-21(28)26(3)13-17-9-12-19(29-4)23(31-6)22(17)30-5/h7-12H,13-15H2,1-6H3,(H,24,27)/p+1. The summed E-state index contributed by atoms with van der Waals surface area (Å²) in [5.74, 6) is 1.34. The average Bonchev–Trinajstić information content (AvgIpc) is 2.74. The molecule has 2 aromatic carbocycles. The molecule has 2 aromatic rings. The minimum atomic E-state index is -0.140. The van der Waals surface area contributed by atoms with Crippen molar-refractivity contribution in [1.82, 2.24) is 4.90 Å². The monoisotopic (exact) mass is 430 g/mol. The first-order valence-corrected chi connectivity index (χ1v) is 9.98. The van der Waals surface area contributed by atoms with Gasteiger partial charge in [-0.1, -0.05) is 17.7 Å². The van der Waals surface area contributed by atoms with Gasteiger partial charge >= 0.3 is 0 Å². The van der Waals surface area contributed by atoms with Crippen LogP contribution >= 0.6 is 0 Å². The maximum atomic E-state index is 12.7. The Bertz CT molecular complexity index is 899. The van der Waals surface area contributed by atoms with Gasteiger partial charge in [-0.3, -0.25) is 9.59 Å². The van der Waals surface area contributed by atoms with Crippen molar-refractivity contribution in [2.24, 2.45) is 0 Å². The van der Waals surface area contributed by atoms with Crippen molar-refractivity contribution in [1.29, 1.82) is 0 Å². The van der Waals surface area contributed by atoms with Crippen LogP contribution in [0.2, 0.25) is 0 Å². The van der Waals surface area contributed by atoms with Gasteiger partial charge in [-0.2, -0.15) is 0 Å². The number of carbonyl (C=O) groups excluding carboxylic acids is 2. The molecule has 0 saturated heterocycles. The maximum Gasteiger partial charge on any atom is 0.279 e. The summed E-state index contributed by atoms with van der Waals surface area (Å²) in [5.41, 5.74) is 2.67. The third-order valence-corrected chi connectivity index (χ3v) is 4.87. The lowest BCUT2D eigenvalue weighted by Gasteiger charge is -2.22. The van der Waals surface area contributed by atoms with E-state index in [9.17, 15) is 9.59 Å². The van der Waals surface area contributed by atoms with Crippen molar-refractivity contribution >= 4 is 17.5 Å². The van der Waals surface area contributed by atoms with E-state index in [1.807, 2.05) is 44.3 Å². The number of hydrogen-bond donors (Lipinski definition) is 2. The molecule has 0 aliphatic carbocycles. The summed E-state index contributed by atoms with van der Waals surface area (Å²) < 4.78 is 16.2. The SMILES string of the molecule is COc1ccc(CN(C)C(=O)C[NH+](C)CC(=O)Nc2ccc(C)cc2)c(OC)c1OC. The van der Waals surface area contributed by atoms with Crippen LogP contribution in [0.15, 0.2) is 36.4 Å². The van der Waals surface area contributed by atoms with E-state index in [1.54, 1.807) is 39.3 Å². The Morgan fingerprint density at radius 3 is 2.16 bits per heavy atom. The van der Waals surface area contributed by atoms with Crippen molar-refractivity contribution in [2.75, 3.05) is 53.8 Å². The lowest BCUT2D eigenvalue weighted by Crippen LogP contribution is -3.11. The van der Waals surface area contributed by atoms with Crippen LogP contribution in [0.1, 0.15) is 11.1 Å². The second kappa shape index (κ2) is 11.2. The number of nitrogens with zero attached hydrogens (tertiary/aromatic N) is 1. The molecular formula is C23H32N3O5+.